The molecule has 0 aliphatic heterocycles. The van der Waals surface area contributed by atoms with Gasteiger partial charge in [0.25, 0.3) is 0 Å². The van der Waals surface area contributed by atoms with Gasteiger partial charge in [0.1, 0.15) is 17.8 Å². The van der Waals surface area contributed by atoms with Crippen LogP contribution in [0.5, 0.6) is 0 Å². The molecule has 0 fully saturated rings. The van der Waals surface area contributed by atoms with Gasteiger partial charge in [0, 0.05) is 11.3 Å². The van der Waals surface area contributed by atoms with Crippen molar-refractivity contribution in [1.82, 2.24) is 19.7 Å². The fourth-order valence-electron chi connectivity index (χ4n) is 2.35. The van der Waals surface area contributed by atoms with Crippen LogP contribution in [-0.4, -0.2) is 30.5 Å². The van der Waals surface area contributed by atoms with Crippen molar-refractivity contribution in [2.45, 2.75) is 26.0 Å². The number of nitrogen functional groups attached to an aromatic ring is 2. The van der Waals surface area contributed by atoms with Gasteiger partial charge in [-0.3, -0.25) is 0 Å². The molecule has 0 saturated carbocycles. The molecule has 7 nitrogen and oxygen atoms in total. The average molecular weight is 298 g/mol. The quantitative estimate of drug-likeness (QED) is 0.630. The molecule has 0 aliphatic carbocycles. The molecule has 3 rings (SSSR count). The summed E-state index contributed by atoms with van der Waals surface area (Å²) in [5.74, 6) is 0.360. The standard InChI is InChI=1S/C15H18N6O/c1-15(2,22)7-21-14-11(13(17)18-8-19-14)12(20-21)9-3-5-10(16)6-4-9/h3-6,8,22H,7,16H2,1-2H3,(H2,17,18,19). The second-order valence-corrected chi connectivity index (χ2v) is 5.90. The monoisotopic (exact) mass is 298 g/mol. The summed E-state index contributed by atoms with van der Waals surface area (Å²) in [7, 11) is 0. The maximum Gasteiger partial charge on any atom is 0.164 e. The van der Waals surface area contributed by atoms with E-state index >= 15 is 0 Å². The highest BCUT2D eigenvalue weighted by atomic mass is 16.3. The van der Waals surface area contributed by atoms with Crippen molar-refractivity contribution in [1.29, 1.82) is 0 Å². The maximum atomic E-state index is 10.1. The Morgan fingerprint density at radius 1 is 1.14 bits per heavy atom. The molecular weight excluding hydrogens is 280 g/mol. The molecule has 114 valence electrons. The molecule has 0 unspecified atom stereocenters. The van der Waals surface area contributed by atoms with Gasteiger partial charge < -0.3 is 16.6 Å². The van der Waals surface area contributed by atoms with E-state index in [4.69, 9.17) is 11.5 Å². The van der Waals surface area contributed by atoms with Crippen molar-refractivity contribution in [2.24, 2.45) is 0 Å². The lowest BCUT2D eigenvalue weighted by molar-refractivity contribution is 0.0590. The molecule has 1 aromatic carbocycles. The molecule has 0 bridgehead atoms. The Kier molecular flexibility index (Phi) is 3.22. The largest absolute Gasteiger partial charge is 0.399 e. The Bertz CT molecular complexity index is 816. The van der Waals surface area contributed by atoms with E-state index in [1.807, 2.05) is 12.1 Å². The summed E-state index contributed by atoms with van der Waals surface area (Å²) in [6, 6.07) is 7.35. The predicted molar refractivity (Wildman–Crippen MR) is 85.9 cm³/mol. The summed E-state index contributed by atoms with van der Waals surface area (Å²) in [4.78, 5) is 8.31. The summed E-state index contributed by atoms with van der Waals surface area (Å²) in [5.41, 5.74) is 13.6. The summed E-state index contributed by atoms with van der Waals surface area (Å²) in [6.45, 7) is 3.73. The topological polar surface area (TPSA) is 116 Å². The van der Waals surface area contributed by atoms with Gasteiger partial charge in [0.2, 0.25) is 0 Å². The zero-order valence-corrected chi connectivity index (χ0v) is 12.5. The second-order valence-electron chi connectivity index (χ2n) is 5.90. The predicted octanol–water partition coefficient (Wildman–Crippen LogP) is 1.43. The lowest BCUT2D eigenvalue weighted by Gasteiger charge is -2.16. The third-order valence-corrected chi connectivity index (χ3v) is 3.28. The summed E-state index contributed by atoms with van der Waals surface area (Å²) < 4.78 is 1.65. The van der Waals surface area contributed by atoms with E-state index in [2.05, 4.69) is 15.1 Å². The fraction of sp³-hybridized carbons (Fsp3) is 0.267. The Hall–Kier alpha value is -2.67. The van der Waals surface area contributed by atoms with Crippen molar-refractivity contribution < 1.29 is 5.11 Å². The molecule has 2 aromatic heterocycles. The first kappa shape index (κ1) is 14.3. The number of benzene rings is 1. The average Bonchev–Trinajstić information content (AvgIpc) is 2.78. The molecule has 22 heavy (non-hydrogen) atoms. The van der Waals surface area contributed by atoms with Gasteiger partial charge >= 0.3 is 0 Å². The summed E-state index contributed by atoms with van der Waals surface area (Å²) in [6.07, 6.45) is 1.40. The summed E-state index contributed by atoms with van der Waals surface area (Å²) >= 11 is 0. The molecule has 5 N–H and O–H groups in total. The van der Waals surface area contributed by atoms with E-state index in [9.17, 15) is 5.11 Å². The number of hydrogen-bond acceptors (Lipinski definition) is 6. The van der Waals surface area contributed by atoms with Gasteiger partial charge in [0.05, 0.1) is 17.5 Å². The number of aliphatic hydroxyl groups is 1. The van der Waals surface area contributed by atoms with Crippen LogP contribution in [0, 0.1) is 0 Å². The highest BCUT2D eigenvalue weighted by Crippen LogP contribution is 2.30. The maximum absolute atomic E-state index is 10.1. The first-order valence-corrected chi connectivity index (χ1v) is 6.90. The van der Waals surface area contributed by atoms with Gasteiger partial charge in [-0.2, -0.15) is 5.10 Å². The molecule has 0 radical (unpaired) electrons. The second kappa shape index (κ2) is 4.96. The van der Waals surface area contributed by atoms with Crippen LogP contribution in [0.4, 0.5) is 11.5 Å². The smallest absolute Gasteiger partial charge is 0.164 e. The van der Waals surface area contributed by atoms with Gasteiger partial charge in [0.15, 0.2) is 5.65 Å². The lowest BCUT2D eigenvalue weighted by atomic mass is 10.1. The van der Waals surface area contributed by atoms with E-state index in [-0.39, 0.29) is 0 Å². The first-order valence-electron chi connectivity index (χ1n) is 6.90. The lowest BCUT2D eigenvalue weighted by Crippen LogP contribution is -2.26. The van der Waals surface area contributed by atoms with E-state index in [1.54, 1.807) is 30.7 Å². The van der Waals surface area contributed by atoms with Gasteiger partial charge in [-0.1, -0.05) is 12.1 Å². The van der Waals surface area contributed by atoms with Crippen LogP contribution >= 0.6 is 0 Å². The number of nitrogens with zero attached hydrogens (tertiary/aromatic N) is 4. The van der Waals surface area contributed by atoms with Crippen LogP contribution in [0.3, 0.4) is 0 Å². The number of nitrogens with two attached hydrogens (primary N) is 2. The molecule has 0 aliphatic rings. The highest BCUT2D eigenvalue weighted by Gasteiger charge is 2.21. The Morgan fingerprint density at radius 2 is 1.82 bits per heavy atom. The molecule has 0 amide bonds. The van der Waals surface area contributed by atoms with Gasteiger partial charge in [-0.25, -0.2) is 14.6 Å². The molecule has 0 saturated heterocycles. The molecule has 7 heteroatoms. The van der Waals surface area contributed by atoms with Crippen molar-refractivity contribution in [2.75, 3.05) is 11.5 Å². The van der Waals surface area contributed by atoms with Crippen LogP contribution in [0.25, 0.3) is 22.3 Å². The minimum atomic E-state index is -0.920. The SMILES string of the molecule is CC(C)(O)Cn1nc(-c2ccc(N)cc2)c2c(N)ncnc21. The van der Waals surface area contributed by atoms with Crippen LogP contribution in [0.15, 0.2) is 30.6 Å². The minimum absolute atomic E-state index is 0.301. The van der Waals surface area contributed by atoms with Crippen LogP contribution in [0.2, 0.25) is 0 Å². The summed E-state index contributed by atoms with van der Waals surface area (Å²) in [5, 5.41) is 15.3. The number of fused-ring (bicyclic) bond motifs is 1. The van der Waals surface area contributed by atoms with Crippen LogP contribution in [-0.2, 0) is 6.54 Å². The third-order valence-electron chi connectivity index (χ3n) is 3.28. The number of rotatable bonds is 3. The number of anilines is 2. The molecular formula is C15H18N6O. The third kappa shape index (κ3) is 2.58. The Labute approximate surface area is 127 Å². The Morgan fingerprint density at radius 3 is 2.45 bits per heavy atom. The van der Waals surface area contributed by atoms with Gasteiger partial charge in [-0.05, 0) is 26.0 Å². The van der Waals surface area contributed by atoms with Crippen molar-refractivity contribution in [3.05, 3.63) is 30.6 Å². The fourth-order valence-corrected chi connectivity index (χ4v) is 2.35. The van der Waals surface area contributed by atoms with E-state index in [0.717, 1.165) is 5.56 Å². The van der Waals surface area contributed by atoms with Crippen molar-refractivity contribution >= 4 is 22.5 Å². The minimum Gasteiger partial charge on any atom is -0.399 e. The zero-order valence-electron chi connectivity index (χ0n) is 12.5. The van der Waals surface area contributed by atoms with E-state index in [0.29, 0.717) is 34.8 Å². The van der Waals surface area contributed by atoms with Gasteiger partial charge in [-0.15, -0.1) is 0 Å². The van der Waals surface area contributed by atoms with Crippen LogP contribution < -0.4 is 11.5 Å². The highest BCUT2D eigenvalue weighted by molar-refractivity contribution is 5.98. The van der Waals surface area contributed by atoms with Crippen molar-refractivity contribution in [3.63, 3.8) is 0 Å². The normalized spacial score (nSPS) is 12.0. The van der Waals surface area contributed by atoms with Crippen LogP contribution in [0.1, 0.15) is 13.8 Å². The molecule has 0 atom stereocenters. The molecule has 0 spiro atoms. The Balaban J connectivity index is 2.24. The van der Waals surface area contributed by atoms with Crippen molar-refractivity contribution in [3.8, 4) is 11.3 Å². The molecule has 2 heterocycles. The van der Waals surface area contributed by atoms with E-state index < -0.39 is 5.60 Å². The first-order chi connectivity index (χ1) is 10.3. The number of hydrogen-bond donors (Lipinski definition) is 3. The van der Waals surface area contributed by atoms with E-state index in [1.165, 1.54) is 6.33 Å². The zero-order chi connectivity index (χ0) is 15.9. The molecule has 3 aromatic rings. The number of aromatic nitrogens is 4.